The van der Waals surface area contributed by atoms with Crippen LogP contribution in [0.15, 0.2) is 23.5 Å². The number of aromatic nitrogens is 1. The second-order valence-corrected chi connectivity index (χ2v) is 4.61. The van der Waals surface area contributed by atoms with Gasteiger partial charge < -0.3 is 15.8 Å². The van der Waals surface area contributed by atoms with Gasteiger partial charge in [0, 0.05) is 24.3 Å². The number of nitrogens with zero attached hydrogens (tertiary/aromatic N) is 3. The number of oxime groups is 1. The van der Waals surface area contributed by atoms with Crippen molar-refractivity contribution in [2.75, 3.05) is 11.9 Å². The van der Waals surface area contributed by atoms with Crippen molar-refractivity contribution in [1.29, 1.82) is 0 Å². The molecule has 0 aromatic carbocycles. The quantitative estimate of drug-likeness (QED) is 0.362. The molecular weight excluding hydrogens is 216 g/mol. The highest BCUT2D eigenvalue weighted by Crippen LogP contribution is 2.23. The van der Waals surface area contributed by atoms with E-state index in [1.54, 1.807) is 12.3 Å². The van der Waals surface area contributed by atoms with Gasteiger partial charge in [-0.3, -0.25) is 0 Å². The number of anilines is 1. The van der Waals surface area contributed by atoms with Crippen LogP contribution < -0.4 is 10.6 Å². The number of nitrogens with two attached hydrogens (primary N) is 1. The molecule has 0 aliphatic rings. The Kier molecular flexibility index (Phi) is 3.93. The van der Waals surface area contributed by atoms with Crippen LogP contribution in [-0.2, 0) is 0 Å². The van der Waals surface area contributed by atoms with Crippen LogP contribution in [0, 0.1) is 0 Å². The summed E-state index contributed by atoms with van der Waals surface area (Å²) in [4.78, 5) is 6.39. The summed E-state index contributed by atoms with van der Waals surface area (Å²) in [6, 6.07) is 3.53. The topological polar surface area (TPSA) is 74.7 Å². The van der Waals surface area contributed by atoms with Crippen molar-refractivity contribution in [2.24, 2.45) is 10.9 Å². The Morgan fingerprint density at radius 1 is 1.59 bits per heavy atom. The van der Waals surface area contributed by atoms with Crippen LogP contribution in [0.2, 0.25) is 0 Å². The van der Waals surface area contributed by atoms with Crippen molar-refractivity contribution < 1.29 is 5.21 Å². The van der Waals surface area contributed by atoms with Gasteiger partial charge in [0.1, 0.15) is 5.82 Å². The first kappa shape index (κ1) is 13.3. The molecule has 0 saturated carbocycles. The van der Waals surface area contributed by atoms with Gasteiger partial charge in [-0.1, -0.05) is 12.1 Å². The molecule has 1 aromatic rings. The molecule has 94 valence electrons. The molecule has 5 nitrogen and oxygen atoms in total. The molecule has 0 aliphatic heterocycles. The summed E-state index contributed by atoms with van der Waals surface area (Å²) in [5.74, 6) is 0.900. The monoisotopic (exact) mass is 236 g/mol. The molecule has 1 rings (SSSR count). The molecule has 0 bridgehead atoms. The Balaban J connectivity index is 3.08. The zero-order valence-corrected chi connectivity index (χ0v) is 10.8. The maximum atomic E-state index is 8.65. The van der Waals surface area contributed by atoms with Crippen molar-refractivity contribution in [1.82, 2.24) is 4.98 Å². The minimum atomic E-state index is 0.0107. The highest BCUT2D eigenvalue weighted by molar-refractivity contribution is 5.97. The van der Waals surface area contributed by atoms with Gasteiger partial charge in [0.25, 0.3) is 0 Å². The van der Waals surface area contributed by atoms with Crippen molar-refractivity contribution in [3.63, 3.8) is 0 Å². The fourth-order valence-corrected chi connectivity index (χ4v) is 1.37. The van der Waals surface area contributed by atoms with Crippen molar-refractivity contribution >= 4 is 11.7 Å². The van der Waals surface area contributed by atoms with E-state index >= 15 is 0 Å². The second-order valence-electron chi connectivity index (χ2n) is 4.61. The van der Waals surface area contributed by atoms with Crippen LogP contribution in [0.3, 0.4) is 0 Å². The lowest BCUT2D eigenvalue weighted by atomic mass is 10.00. The van der Waals surface area contributed by atoms with E-state index in [4.69, 9.17) is 10.9 Å². The normalized spacial score (nSPS) is 12.6. The van der Waals surface area contributed by atoms with Gasteiger partial charge in [0.2, 0.25) is 0 Å². The van der Waals surface area contributed by atoms with E-state index in [-0.39, 0.29) is 11.4 Å². The summed E-state index contributed by atoms with van der Waals surface area (Å²) in [5.41, 5.74) is 6.23. The number of amidine groups is 1. The fraction of sp³-hybridized carbons (Fsp3) is 0.500. The molecule has 1 aromatic heterocycles. The molecule has 0 saturated heterocycles. The van der Waals surface area contributed by atoms with Crippen LogP contribution in [0.5, 0.6) is 0 Å². The van der Waals surface area contributed by atoms with E-state index in [1.165, 1.54) is 0 Å². The van der Waals surface area contributed by atoms with E-state index in [1.807, 2.05) is 13.1 Å². The van der Waals surface area contributed by atoms with Crippen LogP contribution in [0.25, 0.3) is 0 Å². The Morgan fingerprint density at radius 3 is 2.76 bits per heavy atom. The third-order valence-electron chi connectivity index (χ3n) is 3.27. The van der Waals surface area contributed by atoms with Gasteiger partial charge in [-0.2, -0.15) is 0 Å². The number of hydrogen-bond acceptors (Lipinski definition) is 4. The van der Waals surface area contributed by atoms with E-state index < -0.39 is 0 Å². The number of pyridine rings is 1. The van der Waals surface area contributed by atoms with Crippen LogP contribution in [-0.4, -0.2) is 28.6 Å². The predicted octanol–water partition coefficient (Wildman–Crippen LogP) is 1.80. The molecule has 0 unspecified atom stereocenters. The summed E-state index contributed by atoms with van der Waals surface area (Å²) in [6.07, 6.45) is 2.66. The molecule has 1 heterocycles. The van der Waals surface area contributed by atoms with E-state index in [0.717, 1.165) is 12.2 Å². The average molecular weight is 236 g/mol. The van der Waals surface area contributed by atoms with Crippen LogP contribution >= 0.6 is 0 Å². The van der Waals surface area contributed by atoms with Gasteiger partial charge in [0.05, 0.1) is 0 Å². The largest absolute Gasteiger partial charge is 0.409 e. The van der Waals surface area contributed by atoms with E-state index in [2.05, 4.69) is 35.8 Å². The summed E-state index contributed by atoms with van der Waals surface area (Å²) in [6.45, 7) is 6.42. The SMILES string of the molecule is CCC(C)(C)N(C)c1cc(C(N)=NO)ccn1. The van der Waals surface area contributed by atoms with Crippen molar-refractivity contribution in [3.8, 4) is 0 Å². The Labute approximate surface area is 102 Å². The smallest absolute Gasteiger partial charge is 0.170 e. The maximum Gasteiger partial charge on any atom is 0.170 e. The van der Waals surface area contributed by atoms with Gasteiger partial charge in [0.15, 0.2) is 5.84 Å². The van der Waals surface area contributed by atoms with Crippen molar-refractivity contribution in [3.05, 3.63) is 23.9 Å². The lowest BCUT2D eigenvalue weighted by molar-refractivity contribution is 0.318. The number of hydrogen-bond donors (Lipinski definition) is 2. The summed E-state index contributed by atoms with van der Waals surface area (Å²) >= 11 is 0. The second kappa shape index (κ2) is 5.03. The van der Waals surface area contributed by atoms with Gasteiger partial charge in [-0.25, -0.2) is 4.98 Å². The lowest BCUT2D eigenvalue weighted by Crippen LogP contribution is -2.41. The Morgan fingerprint density at radius 2 is 2.24 bits per heavy atom. The van der Waals surface area contributed by atoms with Crippen molar-refractivity contribution in [2.45, 2.75) is 32.7 Å². The average Bonchev–Trinajstić information content (AvgIpc) is 2.36. The molecule has 0 aliphatic carbocycles. The zero-order chi connectivity index (χ0) is 13.1. The molecule has 0 atom stereocenters. The molecule has 17 heavy (non-hydrogen) atoms. The Hall–Kier alpha value is -1.78. The molecule has 0 fully saturated rings. The molecule has 3 N–H and O–H groups in total. The van der Waals surface area contributed by atoms with Gasteiger partial charge in [-0.05, 0) is 32.4 Å². The first-order valence-corrected chi connectivity index (χ1v) is 5.60. The summed E-state index contributed by atoms with van der Waals surface area (Å²) in [7, 11) is 1.99. The molecule has 0 amide bonds. The van der Waals surface area contributed by atoms with E-state index in [0.29, 0.717) is 5.56 Å². The molecule has 5 heteroatoms. The predicted molar refractivity (Wildman–Crippen MR) is 69.5 cm³/mol. The third kappa shape index (κ3) is 2.87. The van der Waals surface area contributed by atoms with Crippen LogP contribution in [0.1, 0.15) is 32.8 Å². The van der Waals surface area contributed by atoms with Crippen LogP contribution in [0.4, 0.5) is 5.82 Å². The minimum absolute atomic E-state index is 0.0107. The van der Waals surface area contributed by atoms with Gasteiger partial charge in [-0.15, -0.1) is 0 Å². The first-order valence-electron chi connectivity index (χ1n) is 5.60. The zero-order valence-electron chi connectivity index (χ0n) is 10.8. The minimum Gasteiger partial charge on any atom is -0.409 e. The highest BCUT2D eigenvalue weighted by atomic mass is 16.4. The molecule has 0 radical (unpaired) electrons. The third-order valence-corrected chi connectivity index (χ3v) is 3.27. The maximum absolute atomic E-state index is 8.65. The molecular formula is C12H20N4O. The summed E-state index contributed by atoms with van der Waals surface area (Å²) < 4.78 is 0. The highest BCUT2D eigenvalue weighted by Gasteiger charge is 2.22. The number of rotatable bonds is 4. The summed E-state index contributed by atoms with van der Waals surface area (Å²) in [5, 5.41) is 11.6. The molecule has 0 spiro atoms. The van der Waals surface area contributed by atoms with Gasteiger partial charge >= 0.3 is 0 Å². The Bertz CT molecular complexity index is 415. The lowest BCUT2D eigenvalue weighted by Gasteiger charge is -2.35. The van der Waals surface area contributed by atoms with E-state index in [9.17, 15) is 0 Å². The standard InChI is InChI=1S/C12H20N4O/c1-5-12(2,3)16(4)10-8-9(6-7-14-10)11(13)15-17/h6-8,17H,5H2,1-4H3,(H2,13,15). The fourth-order valence-electron chi connectivity index (χ4n) is 1.37. The first-order chi connectivity index (χ1) is 7.92.